The van der Waals surface area contributed by atoms with E-state index in [2.05, 4.69) is 10.0 Å². The van der Waals surface area contributed by atoms with Gasteiger partial charge >= 0.3 is 0 Å². The molecular weight excluding hydrogens is 382 g/mol. The van der Waals surface area contributed by atoms with Gasteiger partial charge in [0.25, 0.3) is 5.91 Å². The third-order valence-electron chi connectivity index (χ3n) is 4.46. The number of carbonyl (C=O) groups is 1. The van der Waals surface area contributed by atoms with Crippen molar-refractivity contribution >= 4 is 21.6 Å². The average Bonchev–Trinajstić information content (AvgIpc) is 2.67. The summed E-state index contributed by atoms with van der Waals surface area (Å²) in [7, 11) is 1.57. The first-order valence-electron chi connectivity index (χ1n) is 8.67. The summed E-state index contributed by atoms with van der Waals surface area (Å²) in [6, 6.07) is 11.7. The molecule has 1 heterocycles. The van der Waals surface area contributed by atoms with Crippen LogP contribution in [-0.2, 0) is 14.8 Å². The van der Waals surface area contributed by atoms with Crippen LogP contribution in [0.1, 0.15) is 11.6 Å². The molecule has 1 amide bonds. The minimum atomic E-state index is -3.78. The second-order valence-corrected chi connectivity index (χ2v) is 8.37. The molecule has 0 aliphatic carbocycles. The van der Waals surface area contributed by atoms with Gasteiger partial charge < -0.3 is 19.7 Å². The Labute approximate surface area is 164 Å². The number of hydrogen-bond acceptors (Lipinski definition) is 6. The third kappa shape index (κ3) is 4.44. The number of fused-ring (bicyclic) bond motifs is 1. The van der Waals surface area contributed by atoms with Crippen molar-refractivity contribution in [3.8, 4) is 11.5 Å². The lowest BCUT2D eigenvalue weighted by molar-refractivity contribution is -0.118. The van der Waals surface area contributed by atoms with Crippen LogP contribution in [0.2, 0.25) is 0 Å². The lowest BCUT2D eigenvalue weighted by atomic mass is 10.1. The van der Waals surface area contributed by atoms with Crippen LogP contribution in [0, 0.1) is 0 Å². The van der Waals surface area contributed by atoms with Crippen molar-refractivity contribution < 1.29 is 22.7 Å². The molecule has 1 atom stereocenters. The highest BCUT2D eigenvalue weighted by molar-refractivity contribution is 7.89. The zero-order valence-corrected chi connectivity index (χ0v) is 16.7. The summed E-state index contributed by atoms with van der Waals surface area (Å²) in [6.07, 6.45) is 0. The van der Waals surface area contributed by atoms with E-state index in [-0.39, 0.29) is 30.0 Å². The van der Waals surface area contributed by atoms with Gasteiger partial charge in [-0.2, -0.15) is 0 Å². The summed E-state index contributed by atoms with van der Waals surface area (Å²) in [4.78, 5) is 13.5. The SMILES string of the molecule is COc1cccc(C(CNS(=O)(=O)c2ccc3c(c2)NC(=O)CO3)N(C)C)c1. The Kier molecular flexibility index (Phi) is 5.87. The van der Waals surface area contributed by atoms with Gasteiger partial charge in [-0.05, 0) is 50.0 Å². The summed E-state index contributed by atoms with van der Waals surface area (Å²) in [5.41, 5.74) is 1.27. The fourth-order valence-corrected chi connectivity index (χ4v) is 4.01. The minimum absolute atomic E-state index is 0.0557. The Morgan fingerprint density at radius 1 is 1.25 bits per heavy atom. The molecule has 0 radical (unpaired) electrons. The van der Waals surface area contributed by atoms with Gasteiger partial charge in [-0.15, -0.1) is 0 Å². The van der Waals surface area contributed by atoms with E-state index in [1.165, 1.54) is 18.2 Å². The Morgan fingerprint density at radius 2 is 2.04 bits per heavy atom. The van der Waals surface area contributed by atoms with E-state index in [1.54, 1.807) is 7.11 Å². The van der Waals surface area contributed by atoms with Gasteiger partial charge in [0, 0.05) is 12.6 Å². The summed E-state index contributed by atoms with van der Waals surface area (Å²) < 4.78 is 38.7. The number of sulfonamides is 1. The van der Waals surface area contributed by atoms with Crippen molar-refractivity contribution in [2.24, 2.45) is 0 Å². The van der Waals surface area contributed by atoms with Crippen molar-refractivity contribution in [1.29, 1.82) is 0 Å². The number of carbonyl (C=O) groups excluding carboxylic acids is 1. The van der Waals surface area contributed by atoms with Gasteiger partial charge in [0.15, 0.2) is 6.61 Å². The minimum Gasteiger partial charge on any atom is -0.497 e. The second-order valence-electron chi connectivity index (χ2n) is 6.60. The standard InChI is InChI=1S/C19H23N3O5S/c1-22(2)17(13-5-4-6-14(9-13)26-3)11-20-28(24,25)15-7-8-18-16(10-15)21-19(23)12-27-18/h4-10,17,20H,11-12H2,1-3H3,(H,21,23). The lowest BCUT2D eigenvalue weighted by Gasteiger charge is -2.25. The van der Waals surface area contributed by atoms with Crippen LogP contribution in [-0.4, -0.2) is 53.6 Å². The molecule has 0 aromatic heterocycles. The molecular formula is C19H23N3O5S. The Morgan fingerprint density at radius 3 is 2.75 bits per heavy atom. The Balaban J connectivity index is 1.79. The molecule has 0 fully saturated rings. The predicted molar refractivity (Wildman–Crippen MR) is 105 cm³/mol. The van der Waals surface area contributed by atoms with Crippen LogP contribution in [0.4, 0.5) is 5.69 Å². The van der Waals surface area contributed by atoms with Crippen LogP contribution in [0.5, 0.6) is 11.5 Å². The quantitative estimate of drug-likeness (QED) is 0.726. The zero-order chi connectivity index (χ0) is 20.3. The molecule has 8 nitrogen and oxygen atoms in total. The molecule has 0 spiro atoms. The predicted octanol–water partition coefficient (Wildman–Crippen LogP) is 1.61. The van der Waals surface area contributed by atoms with Crippen molar-refractivity contribution in [2.75, 3.05) is 39.7 Å². The van der Waals surface area contributed by atoms with E-state index >= 15 is 0 Å². The highest BCUT2D eigenvalue weighted by atomic mass is 32.2. The van der Waals surface area contributed by atoms with E-state index in [0.29, 0.717) is 17.2 Å². The third-order valence-corrected chi connectivity index (χ3v) is 5.88. The monoisotopic (exact) mass is 405 g/mol. The number of ether oxygens (including phenoxy) is 2. The topological polar surface area (TPSA) is 97.0 Å². The van der Waals surface area contributed by atoms with Crippen molar-refractivity contribution in [1.82, 2.24) is 9.62 Å². The maximum absolute atomic E-state index is 12.8. The first kappa shape index (κ1) is 20.1. The zero-order valence-electron chi connectivity index (χ0n) is 15.9. The first-order chi connectivity index (χ1) is 13.3. The van der Waals surface area contributed by atoms with Crippen LogP contribution in [0.3, 0.4) is 0 Å². The maximum Gasteiger partial charge on any atom is 0.262 e. The summed E-state index contributed by atoms with van der Waals surface area (Å²) in [5, 5.41) is 2.62. The van der Waals surface area contributed by atoms with E-state index < -0.39 is 10.0 Å². The highest BCUT2D eigenvalue weighted by Gasteiger charge is 2.23. The Bertz CT molecular complexity index is 975. The van der Waals surface area contributed by atoms with E-state index in [4.69, 9.17) is 9.47 Å². The molecule has 1 unspecified atom stereocenters. The lowest BCUT2D eigenvalue weighted by Crippen LogP contribution is -2.34. The van der Waals surface area contributed by atoms with Crippen molar-refractivity contribution in [3.05, 3.63) is 48.0 Å². The Hall–Kier alpha value is -2.62. The van der Waals surface area contributed by atoms with Crippen LogP contribution >= 0.6 is 0 Å². The van der Waals surface area contributed by atoms with Crippen LogP contribution in [0.15, 0.2) is 47.4 Å². The smallest absolute Gasteiger partial charge is 0.262 e. The molecule has 2 N–H and O–H groups in total. The van der Waals surface area contributed by atoms with Crippen LogP contribution < -0.4 is 19.5 Å². The molecule has 9 heteroatoms. The normalized spacial score (nSPS) is 14.8. The van der Waals surface area contributed by atoms with Gasteiger partial charge in [-0.3, -0.25) is 4.79 Å². The molecule has 3 rings (SSSR count). The van der Waals surface area contributed by atoms with Gasteiger partial charge in [0.1, 0.15) is 11.5 Å². The van der Waals surface area contributed by atoms with Gasteiger partial charge in [0.2, 0.25) is 10.0 Å². The number of rotatable bonds is 7. The van der Waals surface area contributed by atoms with E-state index in [9.17, 15) is 13.2 Å². The number of amides is 1. The number of anilines is 1. The first-order valence-corrected chi connectivity index (χ1v) is 10.2. The molecule has 1 aliphatic heterocycles. The van der Waals surface area contributed by atoms with Gasteiger partial charge in [-0.25, -0.2) is 13.1 Å². The van der Waals surface area contributed by atoms with Crippen molar-refractivity contribution in [3.63, 3.8) is 0 Å². The largest absolute Gasteiger partial charge is 0.497 e. The van der Waals surface area contributed by atoms with Crippen LogP contribution in [0.25, 0.3) is 0 Å². The molecule has 1 aliphatic rings. The number of hydrogen-bond donors (Lipinski definition) is 2. The molecule has 2 aromatic carbocycles. The summed E-state index contributed by atoms with van der Waals surface area (Å²) in [5.74, 6) is 0.833. The molecule has 0 saturated carbocycles. The molecule has 0 saturated heterocycles. The van der Waals surface area contributed by atoms with E-state index in [1.807, 2.05) is 43.3 Å². The number of methoxy groups -OCH3 is 1. The fraction of sp³-hybridized carbons (Fsp3) is 0.316. The molecule has 2 aromatic rings. The van der Waals surface area contributed by atoms with Gasteiger partial charge in [-0.1, -0.05) is 12.1 Å². The number of benzene rings is 2. The fourth-order valence-electron chi connectivity index (χ4n) is 2.95. The molecule has 0 bridgehead atoms. The summed E-state index contributed by atoms with van der Waals surface area (Å²) >= 11 is 0. The molecule has 28 heavy (non-hydrogen) atoms. The second kappa shape index (κ2) is 8.17. The average molecular weight is 405 g/mol. The maximum atomic E-state index is 12.8. The molecule has 150 valence electrons. The number of nitrogens with zero attached hydrogens (tertiary/aromatic N) is 1. The summed E-state index contributed by atoms with van der Waals surface area (Å²) in [6.45, 7) is 0.0881. The van der Waals surface area contributed by atoms with Gasteiger partial charge in [0.05, 0.1) is 17.7 Å². The van der Waals surface area contributed by atoms with Crippen molar-refractivity contribution in [2.45, 2.75) is 10.9 Å². The number of likely N-dealkylation sites (N-methyl/N-ethyl adjacent to an activating group) is 1. The van der Waals surface area contributed by atoms with E-state index in [0.717, 1.165) is 5.56 Å². The number of nitrogens with one attached hydrogen (secondary N) is 2. The highest BCUT2D eigenvalue weighted by Crippen LogP contribution is 2.30.